The molecule has 0 aliphatic carbocycles. The van der Waals surface area contributed by atoms with Crippen molar-refractivity contribution in [2.75, 3.05) is 13.1 Å². The fraction of sp³-hybridized carbons (Fsp3) is 0.636. The molecule has 1 fully saturated rings. The summed E-state index contributed by atoms with van der Waals surface area (Å²) in [5, 5.41) is 0. The number of piperidine rings is 1. The third-order valence-electron chi connectivity index (χ3n) is 5.76. The van der Waals surface area contributed by atoms with E-state index in [0.717, 1.165) is 37.0 Å². The Morgan fingerprint density at radius 1 is 1.22 bits per heavy atom. The Morgan fingerprint density at radius 2 is 1.91 bits per heavy atom. The zero-order valence-electron chi connectivity index (χ0n) is 15.9. The van der Waals surface area contributed by atoms with E-state index in [1.54, 1.807) is 0 Å². The highest BCUT2D eigenvalue weighted by atomic mass is 15.1. The second kappa shape index (κ2) is 8.04. The van der Waals surface area contributed by atoms with Crippen molar-refractivity contribution in [3.8, 4) is 0 Å². The normalized spacial score (nSPS) is 21.7. The molecule has 128 valence electrons. The summed E-state index contributed by atoms with van der Waals surface area (Å²) in [6.45, 7) is 18.4. The molecule has 1 nitrogen and oxygen atoms in total. The van der Waals surface area contributed by atoms with E-state index in [1.165, 1.54) is 41.9 Å². The molecule has 0 saturated carbocycles. The van der Waals surface area contributed by atoms with Gasteiger partial charge in [0.1, 0.15) is 0 Å². The summed E-state index contributed by atoms with van der Waals surface area (Å²) in [5.41, 5.74) is 5.72. The lowest BCUT2D eigenvalue weighted by Crippen LogP contribution is -2.41. The van der Waals surface area contributed by atoms with Crippen LogP contribution in [-0.2, 0) is 19.3 Å². The van der Waals surface area contributed by atoms with Gasteiger partial charge in [-0.1, -0.05) is 59.4 Å². The van der Waals surface area contributed by atoms with Crippen LogP contribution in [0.2, 0.25) is 0 Å². The monoisotopic (exact) mass is 313 g/mol. The van der Waals surface area contributed by atoms with Crippen LogP contribution in [0.15, 0.2) is 30.5 Å². The molecule has 1 heterocycles. The van der Waals surface area contributed by atoms with Gasteiger partial charge in [-0.2, -0.15) is 0 Å². The van der Waals surface area contributed by atoms with Gasteiger partial charge in [0, 0.05) is 25.2 Å². The van der Waals surface area contributed by atoms with Crippen LogP contribution >= 0.6 is 0 Å². The van der Waals surface area contributed by atoms with Crippen molar-refractivity contribution in [1.82, 2.24) is 4.90 Å². The molecule has 0 N–H and O–H groups in total. The lowest BCUT2D eigenvalue weighted by molar-refractivity contribution is 0.122. The van der Waals surface area contributed by atoms with Crippen LogP contribution in [0, 0.1) is 17.8 Å². The smallest absolute Gasteiger partial charge is 0.0208 e. The van der Waals surface area contributed by atoms with Gasteiger partial charge in [0.05, 0.1) is 0 Å². The number of nitrogens with zero attached hydrogens (tertiary/aromatic N) is 1. The van der Waals surface area contributed by atoms with Crippen molar-refractivity contribution in [2.24, 2.45) is 17.8 Å². The highest BCUT2D eigenvalue weighted by Crippen LogP contribution is 2.31. The van der Waals surface area contributed by atoms with E-state index in [0.29, 0.717) is 0 Å². The van der Waals surface area contributed by atoms with Crippen molar-refractivity contribution < 1.29 is 0 Å². The van der Waals surface area contributed by atoms with Gasteiger partial charge in [0.2, 0.25) is 0 Å². The first-order valence-electron chi connectivity index (χ1n) is 9.49. The quantitative estimate of drug-likeness (QED) is 0.672. The zero-order chi connectivity index (χ0) is 17.0. The molecule has 1 aliphatic heterocycles. The first-order chi connectivity index (χ1) is 11.0. The fourth-order valence-corrected chi connectivity index (χ4v) is 4.07. The minimum absolute atomic E-state index is 0.760. The van der Waals surface area contributed by atoms with Gasteiger partial charge in [-0.3, -0.25) is 0 Å². The third kappa shape index (κ3) is 4.40. The van der Waals surface area contributed by atoms with Crippen molar-refractivity contribution in [3.63, 3.8) is 0 Å². The Hall–Kier alpha value is -1.24. The summed E-state index contributed by atoms with van der Waals surface area (Å²) in [6, 6.07) is 7.02. The van der Waals surface area contributed by atoms with Crippen LogP contribution in [-0.4, -0.2) is 18.0 Å². The Morgan fingerprint density at radius 3 is 2.52 bits per heavy atom. The van der Waals surface area contributed by atoms with Gasteiger partial charge >= 0.3 is 0 Å². The minimum atomic E-state index is 0.760. The average Bonchev–Trinajstić information content (AvgIpc) is 2.54. The number of hydrogen-bond donors (Lipinski definition) is 0. The molecule has 0 radical (unpaired) electrons. The largest absolute Gasteiger partial charge is 0.375 e. The molecule has 0 spiro atoms. The number of hydrogen-bond acceptors (Lipinski definition) is 1. The standard InChI is InChI=1S/C22H35N/c1-7-20-10-9-19(14-21(20)8-2)13-18(6)23-12-11-17(5)22(15-23)16(3)4/h9-10,14,16-17,22H,6-8,11-13,15H2,1-5H3. The summed E-state index contributed by atoms with van der Waals surface area (Å²) in [5.74, 6) is 2.40. The van der Waals surface area contributed by atoms with Crippen molar-refractivity contribution >= 4 is 0 Å². The second-order valence-electron chi connectivity index (χ2n) is 7.67. The summed E-state index contributed by atoms with van der Waals surface area (Å²) in [4.78, 5) is 2.55. The predicted molar refractivity (Wildman–Crippen MR) is 102 cm³/mol. The van der Waals surface area contributed by atoms with Crippen LogP contribution in [0.3, 0.4) is 0 Å². The summed E-state index contributed by atoms with van der Waals surface area (Å²) in [6.07, 6.45) is 4.55. The van der Waals surface area contributed by atoms with Crippen LogP contribution in [0.5, 0.6) is 0 Å². The molecule has 1 saturated heterocycles. The van der Waals surface area contributed by atoms with Crippen molar-refractivity contribution in [3.05, 3.63) is 47.2 Å². The van der Waals surface area contributed by atoms with Crippen LogP contribution < -0.4 is 0 Å². The van der Waals surface area contributed by atoms with Gasteiger partial charge in [0.25, 0.3) is 0 Å². The van der Waals surface area contributed by atoms with E-state index in [1.807, 2.05) is 0 Å². The Balaban J connectivity index is 2.04. The number of benzene rings is 1. The molecule has 1 aliphatic rings. The maximum atomic E-state index is 4.42. The van der Waals surface area contributed by atoms with E-state index in [9.17, 15) is 0 Å². The molecule has 1 aromatic carbocycles. The van der Waals surface area contributed by atoms with Gasteiger partial charge in [0.15, 0.2) is 0 Å². The maximum Gasteiger partial charge on any atom is 0.0208 e. The summed E-state index contributed by atoms with van der Waals surface area (Å²) >= 11 is 0. The lowest BCUT2D eigenvalue weighted by atomic mass is 9.79. The fourth-order valence-electron chi connectivity index (χ4n) is 4.07. The molecule has 2 atom stereocenters. The van der Waals surface area contributed by atoms with Gasteiger partial charge in [-0.25, -0.2) is 0 Å². The van der Waals surface area contributed by atoms with E-state index in [2.05, 4.69) is 64.3 Å². The number of allylic oxidation sites excluding steroid dienone is 1. The van der Waals surface area contributed by atoms with Crippen LogP contribution in [0.4, 0.5) is 0 Å². The Labute approximate surface area is 143 Å². The molecule has 1 heteroatoms. The number of aryl methyl sites for hydroxylation is 2. The second-order valence-corrected chi connectivity index (χ2v) is 7.67. The Bertz CT molecular complexity index is 529. The first kappa shape index (κ1) is 18.1. The summed E-state index contributed by atoms with van der Waals surface area (Å²) in [7, 11) is 0. The van der Waals surface area contributed by atoms with Crippen molar-refractivity contribution in [1.29, 1.82) is 0 Å². The van der Waals surface area contributed by atoms with Crippen LogP contribution in [0.25, 0.3) is 0 Å². The minimum Gasteiger partial charge on any atom is -0.375 e. The molecule has 0 amide bonds. The SMILES string of the molecule is C=C(Cc1ccc(CC)c(CC)c1)N1CCC(C)C(C(C)C)C1. The van der Waals surface area contributed by atoms with Gasteiger partial charge in [-0.05, 0) is 53.7 Å². The number of rotatable bonds is 6. The first-order valence-corrected chi connectivity index (χ1v) is 9.49. The molecular formula is C22H35N. The van der Waals surface area contributed by atoms with Gasteiger partial charge in [-0.15, -0.1) is 0 Å². The average molecular weight is 314 g/mol. The maximum absolute atomic E-state index is 4.42. The van der Waals surface area contributed by atoms with E-state index in [-0.39, 0.29) is 0 Å². The highest BCUT2D eigenvalue weighted by Gasteiger charge is 2.28. The van der Waals surface area contributed by atoms with Crippen molar-refractivity contribution in [2.45, 2.75) is 60.3 Å². The molecular weight excluding hydrogens is 278 g/mol. The van der Waals surface area contributed by atoms with E-state index in [4.69, 9.17) is 0 Å². The molecule has 0 aromatic heterocycles. The molecule has 2 rings (SSSR count). The lowest BCUT2D eigenvalue weighted by Gasteiger charge is -2.41. The molecule has 23 heavy (non-hydrogen) atoms. The molecule has 0 bridgehead atoms. The third-order valence-corrected chi connectivity index (χ3v) is 5.76. The predicted octanol–water partition coefficient (Wildman–Crippen LogP) is 5.48. The van der Waals surface area contributed by atoms with Crippen LogP contribution in [0.1, 0.15) is 57.7 Å². The Kier molecular flexibility index (Phi) is 6.33. The van der Waals surface area contributed by atoms with Gasteiger partial charge < -0.3 is 4.90 Å². The molecule has 1 aromatic rings. The highest BCUT2D eigenvalue weighted by molar-refractivity contribution is 5.34. The number of likely N-dealkylation sites (tertiary alicyclic amines) is 1. The van der Waals surface area contributed by atoms with E-state index < -0.39 is 0 Å². The topological polar surface area (TPSA) is 3.24 Å². The zero-order valence-corrected chi connectivity index (χ0v) is 15.9. The molecule has 2 unspecified atom stereocenters. The summed E-state index contributed by atoms with van der Waals surface area (Å²) < 4.78 is 0. The van der Waals surface area contributed by atoms with E-state index >= 15 is 0 Å².